The van der Waals surface area contributed by atoms with Crippen LogP contribution in [-0.2, 0) is 0 Å². The molecule has 2 amide bonds. The first-order valence-electron chi connectivity index (χ1n) is 6.08. The highest BCUT2D eigenvalue weighted by molar-refractivity contribution is 5.92. The van der Waals surface area contributed by atoms with Gasteiger partial charge in [-0.3, -0.25) is 5.10 Å². The molecule has 5 heteroatoms. The number of hydrogen-bond acceptors (Lipinski definition) is 2. The summed E-state index contributed by atoms with van der Waals surface area (Å²) in [5.74, 6) is 0. The Morgan fingerprint density at radius 2 is 2.33 bits per heavy atom. The Bertz CT molecular complexity index is 549. The van der Waals surface area contributed by atoms with Gasteiger partial charge in [0.05, 0.1) is 11.7 Å². The van der Waals surface area contributed by atoms with Crippen LogP contribution in [0.5, 0.6) is 0 Å². The number of carbonyl (C=O) groups is 1. The van der Waals surface area contributed by atoms with Crippen LogP contribution < -0.4 is 5.32 Å². The zero-order chi connectivity index (χ0) is 13.1. The largest absolute Gasteiger partial charge is 0.325 e. The van der Waals surface area contributed by atoms with E-state index >= 15 is 0 Å². The third kappa shape index (κ3) is 2.45. The molecule has 18 heavy (non-hydrogen) atoms. The standard InChI is InChI=1S/C13H18N4O/c1-4-9(2)17(3)13(18)15-11-5-6-12-10(7-11)8-14-16-12/h5-9H,4H2,1-3H3,(H,14,16)(H,15,18). The highest BCUT2D eigenvalue weighted by Gasteiger charge is 2.14. The molecule has 1 aromatic carbocycles. The van der Waals surface area contributed by atoms with Crippen LogP contribution in [0, 0.1) is 0 Å². The predicted octanol–water partition coefficient (Wildman–Crippen LogP) is 2.83. The van der Waals surface area contributed by atoms with Crippen molar-refractivity contribution in [3.63, 3.8) is 0 Å². The molecule has 1 heterocycles. The normalized spacial score (nSPS) is 12.4. The fourth-order valence-electron chi connectivity index (χ4n) is 1.71. The Morgan fingerprint density at radius 3 is 3.06 bits per heavy atom. The zero-order valence-electron chi connectivity index (χ0n) is 10.9. The molecule has 0 aliphatic carbocycles. The Morgan fingerprint density at radius 1 is 1.56 bits per heavy atom. The number of aromatic nitrogens is 2. The highest BCUT2D eigenvalue weighted by Crippen LogP contribution is 2.17. The summed E-state index contributed by atoms with van der Waals surface area (Å²) in [5, 5.41) is 10.7. The number of hydrogen-bond donors (Lipinski definition) is 2. The van der Waals surface area contributed by atoms with Crippen LogP contribution in [0.2, 0.25) is 0 Å². The van der Waals surface area contributed by atoms with E-state index in [1.807, 2.05) is 25.1 Å². The van der Waals surface area contributed by atoms with Crippen molar-refractivity contribution in [1.82, 2.24) is 15.1 Å². The molecule has 0 saturated carbocycles. The molecule has 2 aromatic rings. The van der Waals surface area contributed by atoms with Crippen molar-refractivity contribution in [1.29, 1.82) is 0 Å². The fourth-order valence-corrected chi connectivity index (χ4v) is 1.71. The summed E-state index contributed by atoms with van der Waals surface area (Å²) in [6.45, 7) is 4.09. The van der Waals surface area contributed by atoms with Crippen molar-refractivity contribution < 1.29 is 4.79 Å². The topological polar surface area (TPSA) is 61.0 Å². The molecule has 1 aromatic heterocycles. The summed E-state index contributed by atoms with van der Waals surface area (Å²) in [4.78, 5) is 13.7. The summed E-state index contributed by atoms with van der Waals surface area (Å²) >= 11 is 0. The lowest BCUT2D eigenvalue weighted by atomic mass is 10.2. The van der Waals surface area contributed by atoms with Crippen molar-refractivity contribution in [3.8, 4) is 0 Å². The number of benzene rings is 1. The second-order valence-electron chi connectivity index (χ2n) is 4.47. The van der Waals surface area contributed by atoms with E-state index in [4.69, 9.17) is 0 Å². The quantitative estimate of drug-likeness (QED) is 0.874. The van der Waals surface area contributed by atoms with E-state index in [-0.39, 0.29) is 12.1 Å². The van der Waals surface area contributed by atoms with Gasteiger partial charge in [0.15, 0.2) is 0 Å². The average molecular weight is 246 g/mol. The molecule has 0 spiro atoms. The first kappa shape index (κ1) is 12.4. The van der Waals surface area contributed by atoms with Crippen molar-refractivity contribution in [2.45, 2.75) is 26.3 Å². The number of fused-ring (bicyclic) bond motifs is 1. The molecule has 0 saturated heterocycles. The first-order chi connectivity index (χ1) is 8.61. The molecule has 0 radical (unpaired) electrons. The Kier molecular flexibility index (Phi) is 3.50. The zero-order valence-corrected chi connectivity index (χ0v) is 10.9. The Balaban J connectivity index is 2.10. The lowest BCUT2D eigenvalue weighted by molar-refractivity contribution is 0.206. The lowest BCUT2D eigenvalue weighted by Gasteiger charge is -2.24. The molecule has 0 bridgehead atoms. The fraction of sp³-hybridized carbons (Fsp3) is 0.385. The number of anilines is 1. The minimum atomic E-state index is -0.0906. The molecular formula is C13H18N4O. The SMILES string of the molecule is CCC(C)N(C)C(=O)Nc1ccc2[nH]ncc2c1. The van der Waals surface area contributed by atoms with Gasteiger partial charge in [-0.25, -0.2) is 4.79 Å². The van der Waals surface area contributed by atoms with Gasteiger partial charge in [0.1, 0.15) is 0 Å². The van der Waals surface area contributed by atoms with E-state index in [0.717, 1.165) is 23.0 Å². The van der Waals surface area contributed by atoms with Gasteiger partial charge < -0.3 is 10.2 Å². The van der Waals surface area contributed by atoms with E-state index in [9.17, 15) is 4.79 Å². The number of urea groups is 1. The first-order valence-corrected chi connectivity index (χ1v) is 6.08. The van der Waals surface area contributed by atoms with E-state index in [1.165, 1.54) is 0 Å². The monoisotopic (exact) mass is 246 g/mol. The van der Waals surface area contributed by atoms with Gasteiger partial charge in [-0.1, -0.05) is 6.92 Å². The molecule has 2 rings (SSSR count). The van der Waals surface area contributed by atoms with Gasteiger partial charge >= 0.3 is 6.03 Å². The number of nitrogens with zero attached hydrogens (tertiary/aromatic N) is 2. The van der Waals surface area contributed by atoms with Crippen molar-refractivity contribution >= 4 is 22.6 Å². The summed E-state index contributed by atoms with van der Waals surface area (Å²) in [7, 11) is 1.81. The van der Waals surface area contributed by atoms with Crippen LogP contribution in [0.1, 0.15) is 20.3 Å². The maximum atomic E-state index is 12.0. The number of nitrogens with one attached hydrogen (secondary N) is 2. The summed E-state index contributed by atoms with van der Waals surface area (Å²) in [5.41, 5.74) is 1.74. The van der Waals surface area contributed by atoms with Crippen LogP contribution in [0.4, 0.5) is 10.5 Å². The van der Waals surface area contributed by atoms with E-state index in [0.29, 0.717) is 0 Å². The minimum absolute atomic E-state index is 0.0906. The molecule has 0 fully saturated rings. The molecule has 2 N–H and O–H groups in total. The average Bonchev–Trinajstić information content (AvgIpc) is 2.84. The van der Waals surface area contributed by atoms with Gasteiger partial charge in [-0.05, 0) is 31.5 Å². The van der Waals surface area contributed by atoms with Gasteiger partial charge in [-0.15, -0.1) is 0 Å². The van der Waals surface area contributed by atoms with Crippen molar-refractivity contribution in [2.75, 3.05) is 12.4 Å². The van der Waals surface area contributed by atoms with E-state index in [2.05, 4.69) is 22.4 Å². The molecule has 1 atom stereocenters. The Labute approximate surface area is 106 Å². The maximum absolute atomic E-state index is 12.0. The van der Waals surface area contributed by atoms with Crippen LogP contribution in [-0.4, -0.2) is 34.2 Å². The van der Waals surface area contributed by atoms with Gasteiger partial charge in [0.25, 0.3) is 0 Å². The number of amides is 2. The molecule has 96 valence electrons. The van der Waals surface area contributed by atoms with Crippen LogP contribution in [0.15, 0.2) is 24.4 Å². The number of H-pyrrole nitrogens is 1. The van der Waals surface area contributed by atoms with Crippen LogP contribution >= 0.6 is 0 Å². The van der Waals surface area contributed by atoms with Crippen LogP contribution in [0.25, 0.3) is 10.9 Å². The number of aromatic amines is 1. The summed E-state index contributed by atoms with van der Waals surface area (Å²) in [6, 6.07) is 5.81. The number of rotatable bonds is 3. The van der Waals surface area contributed by atoms with Crippen molar-refractivity contribution in [2.24, 2.45) is 0 Å². The summed E-state index contributed by atoms with van der Waals surface area (Å²) < 4.78 is 0. The second-order valence-corrected chi connectivity index (χ2v) is 4.47. The van der Waals surface area contributed by atoms with Crippen LogP contribution in [0.3, 0.4) is 0 Å². The molecule has 5 nitrogen and oxygen atoms in total. The molecular weight excluding hydrogens is 228 g/mol. The minimum Gasteiger partial charge on any atom is -0.325 e. The summed E-state index contributed by atoms with van der Waals surface area (Å²) in [6.07, 6.45) is 2.67. The lowest BCUT2D eigenvalue weighted by Crippen LogP contribution is -2.37. The third-order valence-corrected chi connectivity index (χ3v) is 3.26. The van der Waals surface area contributed by atoms with Crippen molar-refractivity contribution in [3.05, 3.63) is 24.4 Å². The highest BCUT2D eigenvalue weighted by atomic mass is 16.2. The second kappa shape index (κ2) is 5.08. The number of carbonyl (C=O) groups excluding carboxylic acids is 1. The van der Waals surface area contributed by atoms with Gasteiger partial charge in [-0.2, -0.15) is 5.10 Å². The molecule has 0 aliphatic rings. The smallest absolute Gasteiger partial charge is 0.321 e. The Hall–Kier alpha value is -2.04. The third-order valence-electron chi connectivity index (χ3n) is 3.26. The van der Waals surface area contributed by atoms with Gasteiger partial charge in [0, 0.05) is 24.2 Å². The van der Waals surface area contributed by atoms with E-state index < -0.39 is 0 Å². The molecule has 1 unspecified atom stereocenters. The molecule has 0 aliphatic heterocycles. The predicted molar refractivity (Wildman–Crippen MR) is 72.6 cm³/mol. The van der Waals surface area contributed by atoms with Gasteiger partial charge in [0.2, 0.25) is 0 Å². The maximum Gasteiger partial charge on any atom is 0.321 e. The van der Waals surface area contributed by atoms with E-state index in [1.54, 1.807) is 18.1 Å².